The smallest absolute Gasteiger partial charge is 0.258 e. The van der Waals surface area contributed by atoms with E-state index in [2.05, 4.69) is 15.6 Å². The van der Waals surface area contributed by atoms with Gasteiger partial charge in [0, 0.05) is 24.6 Å². The number of rotatable bonds is 4. The van der Waals surface area contributed by atoms with Crippen molar-refractivity contribution < 1.29 is 4.79 Å². The van der Waals surface area contributed by atoms with Gasteiger partial charge in [0.2, 0.25) is 0 Å². The first-order chi connectivity index (χ1) is 11.0. The average Bonchev–Trinajstić information content (AvgIpc) is 2.54. The van der Waals surface area contributed by atoms with Crippen LogP contribution >= 0.6 is 11.6 Å². The fourth-order valence-corrected chi connectivity index (χ4v) is 2.37. The van der Waals surface area contributed by atoms with Gasteiger partial charge >= 0.3 is 0 Å². The first-order valence-electron chi connectivity index (χ1n) is 6.71. The lowest BCUT2D eigenvalue weighted by Crippen LogP contribution is -2.15. The molecule has 0 spiro atoms. The molecule has 116 valence electrons. The van der Waals surface area contributed by atoms with Gasteiger partial charge in [0.1, 0.15) is 5.82 Å². The van der Waals surface area contributed by atoms with Crippen molar-refractivity contribution in [1.82, 2.24) is 4.98 Å². The lowest BCUT2D eigenvalue weighted by atomic mass is 10.1. The highest BCUT2D eigenvalue weighted by Crippen LogP contribution is 2.27. The minimum absolute atomic E-state index is 0.169. The number of amides is 1. The van der Waals surface area contributed by atoms with E-state index in [-0.39, 0.29) is 16.3 Å². The first kappa shape index (κ1) is 16.5. The van der Waals surface area contributed by atoms with Crippen molar-refractivity contribution in [2.75, 3.05) is 17.7 Å². The molecule has 1 aromatic heterocycles. The maximum absolute atomic E-state index is 12.4. The Morgan fingerprint density at radius 1 is 1.35 bits per heavy atom. The number of nitrogens with zero attached hydrogens (tertiary/aromatic N) is 2. The Morgan fingerprint density at radius 3 is 2.52 bits per heavy atom. The summed E-state index contributed by atoms with van der Waals surface area (Å²) in [7, 11) is 1.67. The van der Waals surface area contributed by atoms with E-state index >= 15 is 0 Å². The molecule has 0 saturated carbocycles. The first-order valence-corrected chi connectivity index (χ1v) is 7.09. The Kier molecular flexibility index (Phi) is 4.94. The zero-order chi connectivity index (χ0) is 17.0. The van der Waals surface area contributed by atoms with Crippen molar-refractivity contribution in [1.29, 1.82) is 10.7 Å². The van der Waals surface area contributed by atoms with Crippen molar-refractivity contribution >= 4 is 34.7 Å². The highest BCUT2D eigenvalue weighted by atomic mass is 35.5. The van der Waals surface area contributed by atoms with E-state index in [9.17, 15) is 4.79 Å². The number of hydrogen-bond donors (Lipinski definition) is 3. The summed E-state index contributed by atoms with van der Waals surface area (Å²) in [6, 6.07) is 8.47. The third kappa shape index (κ3) is 3.47. The van der Waals surface area contributed by atoms with Crippen LogP contribution < -0.4 is 10.6 Å². The third-order valence-corrected chi connectivity index (χ3v) is 3.54. The molecule has 2 rings (SSSR count). The minimum Gasteiger partial charge on any atom is -0.373 e. The minimum atomic E-state index is -0.433. The SMILES string of the molecule is CNc1ncc(C(=O)Nc2ccc(C#N)cc2)c(Cl)c1C(C)=N. The summed E-state index contributed by atoms with van der Waals surface area (Å²) in [4.78, 5) is 16.5. The number of carbonyl (C=O) groups excluding carboxylic acids is 1. The monoisotopic (exact) mass is 327 g/mol. The van der Waals surface area contributed by atoms with Gasteiger partial charge in [-0.3, -0.25) is 4.79 Å². The molecule has 0 bridgehead atoms. The van der Waals surface area contributed by atoms with Crippen LogP contribution in [0.1, 0.15) is 28.4 Å². The van der Waals surface area contributed by atoms with E-state index in [1.807, 2.05) is 6.07 Å². The van der Waals surface area contributed by atoms with Crippen LogP contribution in [-0.2, 0) is 0 Å². The summed E-state index contributed by atoms with van der Waals surface area (Å²) in [6.45, 7) is 1.58. The number of pyridine rings is 1. The molecule has 0 saturated heterocycles. The summed E-state index contributed by atoms with van der Waals surface area (Å²) in [5, 5.41) is 22.3. The molecule has 0 aliphatic rings. The summed E-state index contributed by atoms with van der Waals surface area (Å²) >= 11 is 6.27. The number of anilines is 2. The molecule has 1 aromatic carbocycles. The van der Waals surface area contributed by atoms with Gasteiger partial charge in [-0.1, -0.05) is 11.6 Å². The molecule has 0 fully saturated rings. The Hall–Kier alpha value is -2.91. The molecular weight excluding hydrogens is 314 g/mol. The largest absolute Gasteiger partial charge is 0.373 e. The molecule has 0 radical (unpaired) electrons. The van der Waals surface area contributed by atoms with Crippen LogP contribution in [0.4, 0.5) is 11.5 Å². The summed E-state index contributed by atoms with van der Waals surface area (Å²) in [5.41, 5.74) is 1.82. The Labute approximate surface area is 138 Å². The molecule has 0 atom stereocenters. The molecule has 0 aliphatic heterocycles. The lowest BCUT2D eigenvalue weighted by Gasteiger charge is -2.13. The maximum Gasteiger partial charge on any atom is 0.258 e. The molecule has 0 unspecified atom stereocenters. The van der Waals surface area contributed by atoms with Crippen LogP contribution in [0.2, 0.25) is 5.02 Å². The van der Waals surface area contributed by atoms with Gasteiger partial charge in [0.05, 0.1) is 27.8 Å². The topological polar surface area (TPSA) is 102 Å². The standard InChI is InChI=1S/C16H14ClN5O/c1-9(19)13-14(17)12(8-21-15(13)20-2)16(23)22-11-5-3-10(7-18)4-6-11/h3-6,8,19H,1-2H3,(H,20,21)(H,22,23). The van der Waals surface area contributed by atoms with E-state index < -0.39 is 5.91 Å². The molecule has 2 aromatic rings. The van der Waals surface area contributed by atoms with Crippen molar-refractivity contribution in [3.05, 3.63) is 52.2 Å². The zero-order valence-corrected chi connectivity index (χ0v) is 13.3. The molecule has 0 aliphatic carbocycles. The molecule has 23 heavy (non-hydrogen) atoms. The predicted octanol–water partition coefficient (Wildman–Crippen LogP) is 3.29. The number of carbonyl (C=O) groups is 1. The zero-order valence-electron chi connectivity index (χ0n) is 12.6. The van der Waals surface area contributed by atoms with Gasteiger partial charge in [0.15, 0.2) is 0 Å². The van der Waals surface area contributed by atoms with Crippen LogP contribution in [0, 0.1) is 16.7 Å². The predicted molar refractivity (Wildman–Crippen MR) is 90.4 cm³/mol. The van der Waals surface area contributed by atoms with Crippen LogP contribution in [0.25, 0.3) is 0 Å². The Balaban J connectivity index is 2.34. The van der Waals surface area contributed by atoms with E-state index in [1.165, 1.54) is 6.20 Å². The number of aromatic nitrogens is 1. The number of hydrogen-bond acceptors (Lipinski definition) is 5. The second-order valence-corrected chi connectivity index (χ2v) is 5.11. The molecule has 6 nitrogen and oxygen atoms in total. The van der Waals surface area contributed by atoms with E-state index in [0.29, 0.717) is 22.6 Å². The highest BCUT2D eigenvalue weighted by molar-refractivity contribution is 6.38. The van der Waals surface area contributed by atoms with Gasteiger partial charge in [-0.15, -0.1) is 0 Å². The van der Waals surface area contributed by atoms with Gasteiger partial charge < -0.3 is 16.0 Å². The van der Waals surface area contributed by atoms with Crippen LogP contribution in [0.3, 0.4) is 0 Å². The van der Waals surface area contributed by atoms with Crippen molar-refractivity contribution in [3.8, 4) is 6.07 Å². The second kappa shape index (κ2) is 6.90. The third-order valence-electron chi connectivity index (χ3n) is 3.14. The quantitative estimate of drug-likeness (QED) is 0.750. The summed E-state index contributed by atoms with van der Waals surface area (Å²) in [5.74, 6) is 0.00906. The maximum atomic E-state index is 12.4. The number of benzene rings is 1. The lowest BCUT2D eigenvalue weighted by molar-refractivity contribution is 0.102. The molecule has 3 N–H and O–H groups in total. The summed E-state index contributed by atoms with van der Waals surface area (Å²) in [6.07, 6.45) is 1.36. The van der Waals surface area contributed by atoms with Crippen molar-refractivity contribution in [3.63, 3.8) is 0 Å². The van der Waals surface area contributed by atoms with Crippen LogP contribution in [-0.4, -0.2) is 23.7 Å². The number of nitrogens with one attached hydrogen (secondary N) is 3. The molecule has 1 amide bonds. The second-order valence-electron chi connectivity index (χ2n) is 4.73. The van der Waals surface area contributed by atoms with Gasteiger partial charge in [0.25, 0.3) is 5.91 Å². The van der Waals surface area contributed by atoms with Gasteiger partial charge in [-0.05, 0) is 31.2 Å². The average molecular weight is 328 g/mol. The molecule has 7 heteroatoms. The van der Waals surface area contributed by atoms with E-state index in [0.717, 1.165) is 0 Å². The number of nitriles is 1. The van der Waals surface area contributed by atoms with Crippen molar-refractivity contribution in [2.45, 2.75) is 6.92 Å². The van der Waals surface area contributed by atoms with Crippen LogP contribution in [0.5, 0.6) is 0 Å². The fourth-order valence-electron chi connectivity index (χ4n) is 2.01. The molecular formula is C16H14ClN5O. The normalized spacial score (nSPS) is 9.83. The Morgan fingerprint density at radius 2 is 2.00 bits per heavy atom. The van der Waals surface area contributed by atoms with Gasteiger partial charge in [-0.25, -0.2) is 4.98 Å². The van der Waals surface area contributed by atoms with Crippen molar-refractivity contribution in [2.24, 2.45) is 0 Å². The Bertz CT molecular complexity index is 808. The van der Waals surface area contributed by atoms with Crippen LogP contribution in [0.15, 0.2) is 30.5 Å². The van der Waals surface area contributed by atoms with E-state index in [1.54, 1.807) is 38.2 Å². The van der Waals surface area contributed by atoms with Gasteiger partial charge in [-0.2, -0.15) is 5.26 Å². The fraction of sp³-hybridized carbons (Fsp3) is 0.125. The summed E-state index contributed by atoms with van der Waals surface area (Å²) < 4.78 is 0. The highest BCUT2D eigenvalue weighted by Gasteiger charge is 2.19. The number of halogens is 1. The van der Waals surface area contributed by atoms with E-state index in [4.69, 9.17) is 22.3 Å². The molecule has 1 heterocycles.